The topological polar surface area (TPSA) is 33.2 Å². The Hall–Kier alpha value is -1.82. The quantitative estimate of drug-likeness (QED) is 0.496. The van der Waals surface area contributed by atoms with E-state index in [4.69, 9.17) is 11.6 Å². The summed E-state index contributed by atoms with van der Waals surface area (Å²) in [5.74, 6) is 0.676. The number of benzene rings is 2. The van der Waals surface area contributed by atoms with Crippen molar-refractivity contribution in [2.45, 2.75) is 24.5 Å². The maximum atomic E-state index is 12.1. The van der Waals surface area contributed by atoms with E-state index >= 15 is 0 Å². The number of nitrogens with zero attached hydrogens (tertiary/aromatic N) is 2. The van der Waals surface area contributed by atoms with Gasteiger partial charge in [-0.2, -0.15) is 0 Å². The predicted octanol–water partition coefficient (Wildman–Crippen LogP) is 6.08. The van der Waals surface area contributed by atoms with Crippen LogP contribution in [0.5, 0.6) is 0 Å². The lowest BCUT2D eigenvalue weighted by Gasteiger charge is -2.18. The highest BCUT2D eigenvalue weighted by atomic mass is 35.5. The van der Waals surface area contributed by atoms with Crippen LogP contribution < -0.4 is 4.90 Å². The number of anilines is 2. The standard InChI is InChI=1S/C19H17ClN2OS2/c1-13-6-8-18(9-7-13)24-11-16-12-25-19(21-16)22(14(2)23)17-5-3-4-15(20)10-17/h3-10,12H,11H2,1-2H3. The van der Waals surface area contributed by atoms with Gasteiger partial charge >= 0.3 is 0 Å². The minimum Gasteiger partial charge on any atom is -0.274 e. The number of thiazole rings is 1. The van der Waals surface area contributed by atoms with Crippen molar-refractivity contribution in [1.82, 2.24) is 4.98 Å². The van der Waals surface area contributed by atoms with Crippen LogP contribution in [0.3, 0.4) is 0 Å². The molecule has 3 aromatic rings. The van der Waals surface area contributed by atoms with Gasteiger partial charge in [0.15, 0.2) is 5.13 Å². The van der Waals surface area contributed by atoms with Crippen LogP contribution in [-0.2, 0) is 10.5 Å². The number of amides is 1. The maximum Gasteiger partial charge on any atom is 0.230 e. The Balaban J connectivity index is 1.76. The number of aryl methyl sites for hydroxylation is 1. The van der Waals surface area contributed by atoms with E-state index in [1.54, 1.807) is 28.8 Å². The van der Waals surface area contributed by atoms with Crippen LogP contribution in [0.15, 0.2) is 58.8 Å². The van der Waals surface area contributed by atoms with Crippen molar-refractivity contribution in [2.24, 2.45) is 0 Å². The van der Waals surface area contributed by atoms with Crippen molar-refractivity contribution < 1.29 is 4.79 Å². The molecule has 0 aliphatic rings. The zero-order valence-electron chi connectivity index (χ0n) is 13.9. The summed E-state index contributed by atoms with van der Waals surface area (Å²) in [5.41, 5.74) is 2.94. The zero-order chi connectivity index (χ0) is 17.8. The second kappa shape index (κ2) is 8.04. The number of thioether (sulfide) groups is 1. The molecule has 0 radical (unpaired) electrons. The van der Waals surface area contributed by atoms with E-state index in [1.807, 2.05) is 17.5 Å². The summed E-state index contributed by atoms with van der Waals surface area (Å²) in [6.45, 7) is 3.61. The Kier molecular flexibility index (Phi) is 5.78. The normalized spacial score (nSPS) is 10.7. The largest absolute Gasteiger partial charge is 0.274 e. The molecule has 0 saturated heterocycles. The van der Waals surface area contributed by atoms with Gasteiger partial charge in [0.1, 0.15) is 0 Å². The molecule has 1 heterocycles. The fraction of sp³-hybridized carbons (Fsp3) is 0.158. The molecular weight excluding hydrogens is 372 g/mol. The first-order valence-electron chi connectivity index (χ1n) is 7.73. The molecule has 0 fully saturated rings. The summed E-state index contributed by atoms with van der Waals surface area (Å²) in [5, 5.41) is 3.25. The van der Waals surface area contributed by atoms with Crippen molar-refractivity contribution in [3.63, 3.8) is 0 Å². The molecular formula is C19H17ClN2OS2. The molecule has 25 heavy (non-hydrogen) atoms. The van der Waals surface area contributed by atoms with E-state index in [-0.39, 0.29) is 5.91 Å². The van der Waals surface area contributed by atoms with E-state index < -0.39 is 0 Å². The molecule has 3 rings (SSSR count). The van der Waals surface area contributed by atoms with Gasteiger partial charge in [-0.3, -0.25) is 9.69 Å². The Morgan fingerprint density at radius 1 is 1.24 bits per heavy atom. The minimum atomic E-state index is -0.0886. The zero-order valence-corrected chi connectivity index (χ0v) is 16.3. The van der Waals surface area contributed by atoms with Gasteiger partial charge in [-0.25, -0.2) is 4.98 Å². The molecule has 0 aliphatic heterocycles. The molecule has 6 heteroatoms. The van der Waals surface area contributed by atoms with Crippen molar-refractivity contribution in [3.8, 4) is 0 Å². The summed E-state index contributed by atoms with van der Waals surface area (Å²) >= 11 is 9.25. The smallest absolute Gasteiger partial charge is 0.230 e. The summed E-state index contributed by atoms with van der Waals surface area (Å²) in [7, 11) is 0. The van der Waals surface area contributed by atoms with E-state index in [9.17, 15) is 4.79 Å². The summed E-state index contributed by atoms with van der Waals surface area (Å²) in [6, 6.07) is 15.7. The molecule has 0 N–H and O–H groups in total. The number of carbonyl (C=O) groups excluding carboxylic acids is 1. The average molecular weight is 389 g/mol. The second-order valence-corrected chi connectivity index (χ2v) is 7.88. The first-order valence-corrected chi connectivity index (χ1v) is 9.97. The summed E-state index contributed by atoms with van der Waals surface area (Å²) < 4.78 is 0. The first kappa shape index (κ1) is 18.0. The van der Waals surface area contributed by atoms with Crippen LogP contribution in [0.4, 0.5) is 10.8 Å². The lowest BCUT2D eigenvalue weighted by Crippen LogP contribution is -2.22. The van der Waals surface area contributed by atoms with E-state index in [2.05, 4.69) is 36.2 Å². The number of rotatable bonds is 5. The fourth-order valence-electron chi connectivity index (χ4n) is 2.30. The van der Waals surface area contributed by atoms with Gasteiger partial charge in [-0.05, 0) is 37.3 Å². The highest BCUT2D eigenvalue weighted by Crippen LogP contribution is 2.32. The number of hydrogen-bond acceptors (Lipinski definition) is 4. The Morgan fingerprint density at radius 3 is 2.68 bits per heavy atom. The highest BCUT2D eigenvalue weighted by Gasteiger charge is 2.18. The predicted molar refractivity (Wildman–Crippen MR) is 107 cm³/mol. The Morgan fingerprint density at radius 2 is 2.00 bits per heavy atom. The van der Waals surface area contributed by atoms with E-state index in [0.717, 1.165) is 17.1 Å². The second-order valence-electron chi connectivity index (χ2n) is 5.56. The van der Waals surface area contributed by atoms with Crippen LogP contribution in [0, 0.1) is 6.92 Å². The van der Waals surface area contributed by atoms with E-state index in [1.165, 1.54) is 28.7 Å². The molecule has 0 unspecified atom stereocenters. The van der Waals surface area contributed by atoms with Crippen LogP contribution in [0.25, 0.3) is 0 Å². The van der Waals surface area contributed by atoms with Crippen LogP contribution in [-0.4, -0.2) is 10.9 Å². The molecule has 3 nitrogen and oxygen atoms in total. The van der Waals surface area contributed by atoms with Crippen molar-refractivity contribution >= 4 is 51.4 Å². The third kappa shape index (κ3) is 4.63. The molecule has 0 saturated carbocycles. The molecule has 1 amide bonds. The Labute approximate surface area is 160 Å². The number of hydrogen-bond donors (Lipinski definition) is 0. The van der Waals surface area contributed by atoms with Crippen molar-refractivity contribution in [3.05, 3.63) is 70.2 Å². The van der Waals surface area contributed by atoms with Gasteiger partial charge in [-0.15, -0.1) is 23.1 Å². The van der Waals surface area contributed by atoms with Gasteiger partial charge < -0.3 is 0 Å². The number of halogens is 1. The molecule has 0 spiro atoms. The van der Waals surface area contributed by atoms with E-state index in [0.29, 0.717) is 10.2 Å². The van der Waals surface area contributed by atoms with Crippen molar-refractivity contribution in [1.29, 1.82) is 0 Å². The maximum absolute atomic E-state index is 12.1. The van der Waals surface area contributed by atoms with Gasteiger partial charge in [0.05, 0.1) is 11.4 Å². The van der Waals surface area contributed by atoms with Gasteiger partial charge in [0.2, 0.25) is 5.91 Å². The SMILES string of the molecule is CC(=O)N(c1cccc(Cl)c1)c1nc(CSc2ccc(C)cc2)cs1. The lowest BCUT2D eigenvalue weighted by atomic mass is 10.2. The van der Waals surface area contributed by atoms with Crippen LogP contribution in [0.1, 0.15) is 18.2 Å². The Bertz CT molecular complexity index is 877. The van der Waals surface area contributed by atoms with Gasteiger partial charge in [0, 0.05) is 28.0 Å². The fourth-order valence-corrected chi connectivity index (χ4v) is 4.27. The summed E-state index contributed by atoms with van der Waals surface area (Å²) in [6.07, 6.45) is 0. The number of carbonyl (C=O) groups is 1. The summed E-state index contributed by atoms with van der Waals surface area (Å²) in [4.78, 5) is 19.6. The third-order valence-corrected chi connectivity index (χ3v) is 5.68. The van der Waals surface area contributed by atoms with Crippen LogP contribution >= 0.6 is 34.7 Å². The molecule has 0 atom stereocenters. The van der Waals surface area contributed by atoms with Crippen LogP contribution in [0.2, 0.25) is 5.02 Å². The van der Waals surface area contributed by atoms with Crippen molar-refractivity contribution in [2.75, 3.05) is 4.90 Å². The molecule has 0 aliphatic carbocycles. The molecule has 128 valence electrons. The molecule has 1 aromatic heterocycles. The lowest BCUT2D eigenvalue weighted by molar-refractivity contribution is -0.115. The monoisotopic (exact) mass is 388 g/mol. The number of aromatic nitrogens is 1. The average Bonchev–Trinajstić information content (AvgIpc) is 3.03. The first-order chi connectivity index (χ1) is 12.0. The molecule has 2 aromatic carbocycles. The highest BCUT2D eigenvalue weighted by molar-refractivity contribution is 7.98. The third-order valence-electron chi connectivity index (χ3n) is 3.52. The minimum absolute atomic E-state index is 0.0886. The van der Waals surface area contributed by atoms with Gasteiger partial charge in [-0.1, -0.05) is 35.4 Å². The van der Waals surface area contributed by atoms with Gasteiger partial charge in [0.25, 0.3) is 0 Å². The molecule has 0 bridgehead atoms.